The number of hydrogen-bond acceptors (Lipinski definition) is 2. The van der Waals surface area contributed by atoms with Gasteiger partial charge in [0.15, 0.2) is 0 Å². The van der Waals surface area contributed by atoms with E-state index in [-0.39, 0.29) is 5.66 Å². The first-order valence-electron chi connectivity index (χ1n) is 10.00. The molecule has 0 fully saturated rings. The van der Waals surface area contributed by atoms with Crippen LogP contribution in [0.5, 0.6) is 5.75 Å². The summed E-state index contributed by atoms with van der Waals surface area (Å²) in [6, 6.07) is 29.5. The van der Waals surface area contributed by atoms with Crippen LogP contribution in [0.15, 0.2) is 115 Å². The van der Waals surface area contributed by atoms with Crippen LogP contribution in [0.25, 0.3) is 0 Å². The molecule has 0 N–H and O–H groups in total. The van der Waals surface area contributed by atoms with Crippen LogP contribution in [0, 0.1) is 0 Å². The Labute approximate surface area is 178 Å². The van der Waals surface area contributed by atoms with Gasteiger partial charge in [-0.15, -0.1) is 0 Å². The molecule has 4 rings (SSSR count). The minimum absolute atomic E-state index is 0.0315. The van der Waals surface area contributed by atoms with Gasteiger partial charge in [0.2, 0.25) is 0 Å². The van der Waals surface area contributed by atoms with E-state index < -0.39 is 7.26 Å². The smallest absolute Gasteiger partial charge is 0.133 e. The van der Waals surface area contributed by atoms with Crippen molar-refractivity contribution in [2.45, 2.75) is 11.8 Å². The number of allylic oxidation sites excluding steroid dienone is 5. The van der Waals surface area contributed by atoms with Crippen LogP contribution in [0.3, 0.4) is 0 Å². The molecule has 3 aromatic rings. The Kier molecular flexibility index (Phi) is 6.10. The molecule has 0 spiro atoms. The van der Waals surface area contributed by atoms with Crippen molar-refractivity contribution in [1.29, 1.82) is 0 Å². The van der Waals surface area contributed by atoms with Crippen LogP contribution in [-0.4, -0.2) is 18.7 Å². The van der Waals surface area contributed by atoms with E-state index in [2.05, 4.69) is 78.8 Å². The van der Waals surface area contributed by atoms with Gasteiger partial charge in [0.1, 0.15) is 28.0 Å². The zero-order chi connectivity index (χ0) is 20.8. The van der Waals surface area contributed by atoms with Crippen molar-refractivity contribution in [3.8, 4) is 5.75 Å². The molecule has 1 aliphatic rings. The normalized spacial score (nSPS) is 15.6. The molecule has 2 nitrogen and oxygen atoms in total. The lowest BCUT2D eigenvalue weighted by atomic mass is 10.1. The van der Waals surface area contributed by atoms with Crippen molar-refractivity contribution >= 4 is 23.8 Å². The fraction of sp³-hybridized carbons (Fsp3) is 0.111. The van der Waals surface area contributed by atoms with Crippen LogP contribution < -0.4 is 15.3 Å². The van der Waals surface area contributed by atoms with Crippen molar-refractivity contribution in [3.63, 3.8) is 0 Å². The highest BCUT2D eigenvalue weighted by Crippen LogP contribution is 2.65. The number of rotatable bonds is 6. The summed E-state index contributed by atoms with van der Waals surface area (Å²) in [6.45, 7) is 0. The van der Waals surface area contributed by atoms with E-state index in [1.165, 1.54) is 16.2 Å². The van der Waals surface area contributed by atoms with Gasteiger partial charge in [-0.25, -0.2) is 4.79 Å². The summed E-state index contributed by atoms with van der Waals surface area (Å²) >= 11 is 0. The van der Waals surface area contributed by atoms with Gasteiger partial charge < -0.3 is 4.74 Å². The van der Waals surface area contributed by atoms with Gasteiger partial charge in [0, 0.05) is 0 Å². The Bertz CT molecular complexity index is 1070. The summed E-state index contributed by atoms with van der Waals surface area (Å²) in [5.74, 6) is 3.08. The molecule has 3 heteroatoms. The van der Waals surface area contributed by atoms with Gasteiger partial charge in [-0.2, -0.15) is 0 Å². The molecule has 0 aliphatic heterocycles. The molecule has 0 saturated heterocycles. The van der Waals surface area contributed by atoms with E-state index in [9.17, 15) is 4.79 Å². The first kappa shape index (κ1) is 20.1. The Balaban J connectivity index is 1.99. The predicted molar refractivity (Wildman–Crippen MR) is 127 cm³/mol. The lowest BCUT2D eigenvalue weighted by Crippen LogP contribution is -2.33. The van der Waals surface area contributed by atoms with Crippen molar-refractivity contribution < 1.29 is 9.53 Å². The lowest BCUT2D eigenvalue weighted by molar-refractivity contribution is 0.414. The molecule has 0 bridgehead atoms. The van der Waals surface area contributed by atoms with Crippen molar-refractivity contribution in [1.82, 2.24) is 0 Å². The second kappa shape index (κ2) is 9.09. The number of benzene rings is 3. The average Bonchev–Trinajstić information content (AvgIpc) is 2.84. The quantitative estimate of drug-likeness (QED) is 0.416. The van der Waals surface area contributed by atoms with E-state index in [4.69, 9.17) is 4.74 Å². The second-order valence-corrected chi connectivity index (χ2v) is 10.9. The minimum atomic E-state index is -2.09. The third-order valence-electron chi connectivity index (χ3n) is 5.59. The van der Waals surface area contributed by atoms with E-state index >= 15 is 0 Å². The third-order valence-corrected chi connectivity index (χ3v) is 10.3. The number of carbonyl (C=O) groups excluding carboxylic acids is 1. The van der Waals surface area contributed by atoms with Gasteiger partial charge >= 0.3 is 0 Å². The standard InChI is InChI=1S/C27H24O2P/c1-29-24-13-10-11-22(19-24)21-30(25-14-4-2-5-15-25,26-16-6-3-7-17-26)27-18-9-8-12-23(27)20-28/h2-19,27H,21H2,1H3/q+1. The SMILES string of the molecule is COc1cccc(C[P+](c2ccccc2)(c2ccccc2)C2C=CC=CC2=C=O)c1. The van der Waals surface area contributed by atoms with Gasteiger partial charge in [-0.1, -0.05) is 60.7 Å². The lowest BCUT2D eigenvalue weighted by Gasteiger charge is -2.34. The Morgan fingerprint density at radius 2 is 1.53 bits per heavy atom. The molecule has 1 atom stereocenters. The monoisotopic (exact) mass is 411 g/mol. The summed E-state index contributed by atoms with van der Waals surface area (Å²) in [6.07, 6.45) is 8.88. The summed E-state index contributed by atoms with van der Waals surface area (Å²) in [4.78, 5) is 12.0. The predicted octanol–water partition coefficient (Wildman–Crippen LogP) is 5.12. The number of ether oxygens (including phenoxy) is 1. The van der Waals surface area contributed by atoms with Crippen LogP contribution in [0.4, 0.5) is 0 Å². The summed E-state index contributed by atoms with van der Waals surface area (Å²) in [5.41, 5.74) is 1.88. The third kappa shape index (κ3) is 3.81. The molecule has 0 saturated carbocycles. The van der Waals surface area contributed by atoms with Gasteiger partial charge in [-0.05, 0) is 54.1 Å². The Hall–Kier alpha value is -3.18. The molecule has 0 aromatic heterocycles. The van der Waals surface area contributed by atoms with Gasteiger partial charge in [0.25, 0.3) is 0 Å². The van der Waals surface area contributed by atoms with E-state index in [1.807, 2.05) is 36.4 Å². The summed E-state index contributed by atoms with van der Waals surface area (Å²) < 4.78 is 5.49. The fourth-order valence-corrected chi connectivity index (χ4v) is 8.90. The van der Waals surface area contributed by atoms with Gasteiger partial charge in [0.05, 0.1) is 26.1 Å². The van der Waals surface area contributed by atoms with Crippen molar-refractivity contribution in [2.24, 2.45) is 0 Å². The zero-order valence-corrected chi connectivity index (χ0v) is 17.8. The Morgan fingerprint density at radius 1 is 0.867 bits per heavy atom. The molecular formula is C27H24O2P+. The highest BCUT2D eigenvalue weighted by Gasteiger charge is 2.51. The molecular weight excluding hydrogens is 387 g/mol. The molecule has 3 aromatic carbocycles. The van der Waals surface area contributed by atoms with E-state index in [1.54, 1.807) is 7.11 Å². The number of methoxy groups -OCH3 is 1. The minimum Gasteiger partial charge on any atom is -0.497 e. The molecule has 0 radical (unpaired) electrons. The first-order valence-corrected chi connectivity index (χ1v) is 12.0. The van der Waals surface area contributed by atoms with Gasteiger partial charge in [-0.3, -0.25) is 0 Å². The zero-order valence-electron chi connectivity index (χ0n) is 16.9. The first-order chi connectivity index (χ1) is 14.8. The van der Waals surface area contributed by atoms with Crippen LogP contribution in [0.2, 0.25) is 0 Å². The highest BCUT2D eigenvalue weighted by molar-refractivity contribution is 7.89. The second-order valence-electron chi connectivity index (χ2n) is 7.30. The van der Waals surface area contributed by atoms with Crippen LogP contribution in [0.1, 0.15) is 5.56 Å². The maximum Gasteiger partial charge on any atom is 0.133 e. The molecule has 0 amide bonds. The van der Waals surface area contributed by atoms with Crippen LogP contribution in [-0.2, 0) is 11.0 Å². The van der Waals surface area contributed by atoms with Crippen LogP contribution >= 0.6 is 7.26 Å². The topological polar surface area (TPSA) is 26.3 Å². The largest absolute Gasteiger partial charge is 0.497 e. The van der Waals surface area contributed by atoms with E-state index in [0.29, 0.717) is 5.57 Å². The Morgan fingerprint density at radius 3 is 2.13 bits per heavy atom. The molecule has 30 heavy (non-hydrogen) atoms. The maximum absolute atomic E-state index is 12.0. The fourth-order valence-electron chi connectivity index (χ4n) is 4.21. The molecule has 0 heterocycles. The van der Waals surface area contributed by atoms with Crippen molar-refractivity contribution in [2.75, 3.05) is 7.11 Å². The molecule has 1 unspecified atom stereocenters. The number of hydrogen-bond donors (Lipinski definition) is 0. The maximum atomic E-state index is 12.0. The summed E-state index contributed by atoms with van der Waals surface area (Å²) in [7, 11) is -0.402. The molecule has 1 aliphatic carbocycles. The average molecular weight is 411 g/mol. The summed E-state index contributed by atoms with van der Waals surface area (Å²) in [5, 5.41) is 2.55. The molecule has 148 valence electrons. The van der Waals surface area contributed by atoms with Crippen molar-refractivity contribution in [3.05, 3.63) is 120 Å². The van der Waals surface area contributed by atoms with E-state index in [0.717, 1.165) is 11.9 Å². The highest BCUT2D eigenvalue weighted by atomic mass is 31.2.